The maximum Gasteiger partial charge on any atom is 0.245 e. The van der Waals surface area contributed by atoms with Crippen LogP contribution < -0.4 is 20.7 Å². The molecule has 10 nitrogen and oxygen atoms in total. The van der Waals surface area contributed by atoms with Crippen molar-refractivity contribution in [2.75, 3.05) is 14.2 Å². The average Bonchev–Trinajstić information content (AvgIpc) is 3.48. The van der Waals surface area contributed by atoms with Gasteiger partial charge in [-0.25, -0.2) is 0 Å². The van der Waals surface area contributed by atoms with Crippen molar-refractivity contribution in [1.29, 1.82) is 0 Å². The smallest absolute Gasteiger partial charge is 0.245 e. The van der Waals surface area contributed by atoms with Crippen LogP contribution in [0, 0.1) is 5.92 Å². The zero-order chi connectivity index (χ0) is 34.4. The molecular formula is C38H45N5O5. The van der Waals surface area contributed by atoms with Gasteiger partial charge in [0, 0.05) is 42.5 Å². The molecule has 252 valence electrons. The van der Waals surface area contributed by atoms with E-state index in [0.717, 1.165) is 33.2 Å². The molecule has 1 aromatic heterocycles. The average molecular weight is 652 g/mol. The second-order valence-corrected chi connectivity index (χ2v) is 12.9. The highest BCUT2D eigenvalue weighted by atomic mass is 16.5. The first kappa shape index (κ1) is 34.2. The van der Waals surface area contributed by atoms with Crippen molar-refractivity contribution in [1.82, 2.24) is 25.8 Å². The molecule has 3 aromatic carbocycles. The fourth-order valence-electron chi connectivity index (χ4n) is 6.40. The van der Waals surface area contributed by atoms with Crippen molar-refractivity contribution >= 4 is 34.5 Å². The van der Waals surface area contributed by atoms with Gasteiger partial charge in [-0.15, -0.1) is 0 Å². The highest BCUT2D eigenvalue weighted by Gasteiger charge is 2.33. The number of nitrogens with one attached hydrogen (secondary N) is 4. The predicted molar refractivity (Wildman–Crippen MR) is 185 cm³/mol. The Morgan fingerprint density at radius 1 is 0.792 bits per heavy atom. The van der Waals surface area contributed by atoms with E-state index >= 15 is 0 Å². The van der Waals surface area contributed by atoms with Crippen molar-refractivity contribution in [3.05, 3.63) is 101 Å². The summed E-state index contributed by atoms with van der Waals surface area (Å²) < 4.78 is 5.34. The minimum Gasteiger partial charge on any atom is -0.497 e. The number of ether oxygens (including phenoxy) is 1. The molecule has 1 aliphatic rings. The highest BCUT2D eigenvalue weighted by molar-refractivity contribution is 5.93. The molecule has 1 aliphatic heterocycles. The summed E-state index contributed by atoms with van der Waals surface area (Å²) in [5.74, 6) is -1.02. The number of carbonyl (C=O) groups excluding carboxylic acids is 4. The Hall–Kier alpha value is -5.12. The van der Waals surface area contributed by atoms with Crippen LogP contribution in [0.3, 0.4) is 0 Å². The largest absolute Gasteiger partial charge is 0.497 e. The van der Waals surface area contributed by atoms with Gasteiger partial charge in [-0.2, -0.15) is 0 Å². The van der Waals surface area contributed by atoms with E-state index in [0.29, 0.717) is 18.6 Å². The number of methoxy groups -OCH3 is 1. The van der Waals surface area contributed by atoms with Gasteiger partial charge in [-0.1, -0.05) is 61.5 Å². The molecule has 48 heavy (non-hydrogen) atoms. The molecule has 2 heterocycles. The molecule has 5 rings (SSSR count). The SMILES string of the molecule is COc1ccc(C2CC(=O)N[C@@H](C)Cc3cccc(c3)C[C@H](C)C(=O)N[C@@H](C)C(=O)N(C)C(Cc3c[nH]c4ccccc34)C(=O)N2)cc1. The second-order valence-electron chi connectivity index (χ2n) is 12.9. The number of para-hydroxylation sites is 1. The van der Waals surface area contributed by atoms with Gasteiger partial charge in [-0.3, -0.25) is 19.2 Å². The van der Waals surface area contributed by atoms with E-state index in [1.807, 2.05) is 74.6 Å². The summed E-state index contributed by atoms with van der Waals surface area (Å²) in [4.78, 5) is 59.6. The molecule has 2 bridgehead atoms. The topological polar surface area (TPSA) is 133 Å². The standard InChI is InChI=1S/C38H45N5O5/c1-23-17-26-9-8-10-27(19-26)18-24(2)40-35(44)21-33(28-13-15-30(48-5)16-14-28)42-37(46)34(43(4)38(47)25(3)41-36(23)45)20-29-22-39-32-12-7-6-11-31(29)32/h6-16,19,22-25,33-34,39H,17-18,20-21H2,1-5H3,(H,40,44)(H,41,45)(H,42,46)/t23-,24-,25-,33?,34?/m0/s1. The number of benzene rings is 3. The van der Waals surface area contributed by atoms with Gasteiger partial charge in [0.1, 0.15) is 17.8 Å². The summed E-state index contributed by atoms with van der Waals surface area (Å²) >= 11 is 0. The molecule has 0 radical (unpaired) electrons. The number of carbonyl (C=O) groups is 4. The van der Waals surface area contributed by atoms with Crippen LogP contribution in [-0.2, 0) is 38.4 Å². The van der Waals surface area contributed by atoms with E-state index < -0.39 is 35.9 Å². The molecule has 4 aromatic rings. The monoisotopic (exact) mass is 651 g/mol. The molecule has 0 spiro atoms. The quantitative estimate of drug-likeness (QED) is 0.262. The summed E-state index contributed by atoms with van der Waals surface area (Å²) in [7, 11) is 3.16. The number of hydrogen-bond donors (Lipinski definition) is 4. The van der Waals surface area contributed by atoms with Crippen LogP contribution in [0.2, 0.25) is 0 Å². The van der Waals surface area contributed by atoms with E-state index in [9.17, 15) is 19.2 Å². The third-order valence-electron chi connectivity index (χ3n) is 9.09. The first-order valence-corrected chi connectivity index (χ1v) is 16.5. The van der Waals surface area contributed by atoms with E-state index in [1.165, 1.54) is 4.90 Å². The third-order valence-corrected chi connectivity index (χ3v) is 9.09. The van der Waals surface area contributed by atoms with Crippen molar-refractivity contribution in [2.24, 2.45) is 5.92 Å². The van der Waals surface area contributed by atoms with Crippen LogP contribution >= 0.6 is 0 Å². The lowest BCUT2D eigenvalue weighted by Gasteiger charge is -2.31. The first-order chi connectivity index (χ1) is 23.0. The number of rotatable bonds is 4. The Bertz CT molecular complexity index is 1770. The molecule has 5 atom stereocenters. The fourth-order valence-corrected chi connectivity index (χ4v) is 6.40. The van der Waals surface area contributed by atoms with E-state index in [1.54, 1.807) is 33.2 Å². The zero-order valence-electron chi connectivity index (χ0n) is 28.2. The van der Waals surface area contributed by atoms with Crippen molar-refractivity contribution in [3.63, 3.8) is 0 Å². The van der Waals surface area contributed by atoms with Crippen LogP contribution in [0.25, 0.3) is 10.9 Å². The minimum atomic E-state index is -0.945. The number of aromatic amines is 1. The van der Waals surface area contributed by atoms with Crippen LogP contribution in [0.1, 0.15) is 55.5 Å². The van der Waals surface area contributed by atoms with Gasteiger partial charge in [0.15, 0.2) is 0 Å². The van der Waals surface area contributed by atoms with Gasteiger partial charge in [-0.05, 0) is 67.1 Å². The van der Waals surface area contributed by atoms with Gasteiger partial charge >= 0.3 is 0 Å². The van der Waals surface area contributed by atoms with Crippen LogP contribution in [-0.4, -0.2) is 65.8 Å². The van der Waals surface area contributed by atoms with Gasteiger partial charge in [0.05, 0.1) is 19.6 Å². The lowest BCUT2D eigenvalue weighted by Crippen LogP contribution is -2.55. The fraction of sp³-hybridized carbons (Fsp3) is 0.368. The highest BCUT2D eigenvalue weighted by Crippen LogP contribution is 2.24. The summed E-state index contributed by atoms with van der Waals surface area (Å²) in [6.07, 6.45) is 3.14. The normalized spacial score (nSPS) is 23.4. The molecule has 0 saturated heterocycles. The summed E-state index contributed by atoms with van der Waals surface area (Å²) in [5, 5.41) is 10.0. The van der Waals surface area contributed by atoms with Crippen LogP contribution in [0.4, 0.5) is 0 Å². The van der Waals surface area contributed by atoms with Gasteiger partial charge in [0.2, 0.25) is 23.6 Å². The Balaban J connectivity index is 1.51. The molecule has 2 unspecified atom stereocenters. The Kier molecular flexibility index (Phi) is 10.8. The summed E-state index contributed by atoms with van der Waals surface area (Å²) in [6.45, 7) is 5.42. The third kappa shape index (κ3) is 8.23. The number of nitrogens with zero attached hydrogens (tertiary/aromatic N) is 1. The van der Waals surface area contributed by atoms with Gasteiger partial charge < -0.3 is 30.6 Å². The predicted octanol–water partition coefficient (Wildman–Crippen LogP) is 4.24. The van der Waals surface area contributed by atoms with Crippen molar-refractivity contribution in [3.8, 4) is 5.75 Å². The summed E-state index contributed by atoms with van der Waals surface area (Å²) in [6, 6.07) is 20.3. The van der Waals surface area contributed by atoms with Crippen LogP contribution in [0.15, 0.2) is 79.0 Å². The van der Waals surface area contributed by atoms with Crippen molar-refractivity contribution in [2.45, 2.75) is 70.6 Å². The first-order valence-electron chi connectivity index (χ1n) is 16.5. The molecule has 0 saturated carbocycles. The van der Waals surface area contributed by atoms with Gasteiger partial charge in [0.25, 0.3) is 0 Å². The van der Waals surface area contributed by atoms with Crippen LogP contribution in [0.5, 0.6) is 5.75 Å². The molecule has 0 fully saturated rings. The molecule has 0 aliphatic carbocycles. The Morgan fingerprint density at radius 3 is 2.23 bits per heavy atom. The maximum absolute atomic E-state index is 14.3. The zero-order valence-corrected chi connectivity index (χ0v) is 28.2. The molecule has 10 heteroatoms. The lowest BCUT2D eigenvalue weighted by atomic mass is 9.96. The number of fused-ring (bicyclic) bond motifs is 3. The molecular weight excluding hydrogens is 606 g/mol. The Labute approximate surface area is 281 Å². The maximum atomic E-state index is 14.3. The number of hydrogen-bond acceptors (Lipinski definition) is 5. The number of amides is 4. The van der Waals surface area contributed by atoms with E-state index in [2.05, 4.69) is 27.0 Å². The number of likely N-dealkylation sites (N-methyl/N-ethyl adjacent to an activating group) is 1. The van der Waals surface area contributed by atoms with E-state index in [-0.39, 0.29) is 30.7 Å². The Morgan fingerprint density at radius 2 is 1.50 bits per heavy atom. The number of H-pyrrole nitrogens is 1. The lowest BCUT2D eigenvalue weighted by molar-refractivity contribution is -0.142. The summed E-state index contributed by atoms with van der Waals surface area (Å²) in [5.41, 5.74) is 4.54. The number of aromatic nitrogens is 1. The second kappa shape index (κ2) is 15.2. The molecule has 4 amide bonds. The van der Waals surface area contributed by atoms with E-state index in [4.69, 9.17) is 4.74 Å². The minimum absolute atomic E-state index is 0.0100. The molecule has 4 N–H and O–H groups in total. The van der Waals surface area contributed by atoms with Crippen molar-refractivity contribution < 1.29 is 23.9 Å².